The van der Waals surface area contributed by atoms with Crippen molar-refractivity contribution in [3.63, 3.8) is 0 Å². The fourth-order valence-corrected chi connectivity index (χ4v) is 1.03. The molecule has 1 aromatic rings. The molecule has 1 heterocycles. The fourth-order valence-electron chi connectivity index (χ4n) is 1.03. The number of hydrazine groups is 1. The van der Waals surface area contributed by atoms with Crippen LogP contribution in [0.25, 0.3) is 0 Å². The SMILES string of the molecule is CCc1cc[nH]c1CNN. The van der Waals surface area contributed by atoms with Crippen LogP contribution in [0.5, 0.6) is 0 Å². The molecule has 3 nitrogen and oxygen atoms in total. The summed E-state index contributed by atoms with van der Waals surface area (Å²) in [5, 5.41) is 0. The standard InChI is InChI=1S/C7H13N3/c1-2-6-3-4-9-7(6)5-10-8/h3-4,9-10H,2,5,8H2,1H3. The van der Waals surface area contributed by atoms with Gasteiger partial charge in [0.15, 0.2) is 0 Å². The summed E-state index contributed by atoms with van der Waals surface area (Å²) in [7, 11) is 0. The van der Waals surface area contributed by atoms with Crippen LogP contribution < -0.4 is 11.3 Å². The summed E-state index contributed by atoms with van der Waals surface area (Å²) in [6, 6.07) is 2.08. The van der Waals surface area contributed by atoms with Crippen molar-refractivity contribution in [3.05, 3.63) is 23.5 Å². The van der Waals surface area contributed by atoms with Gasteiger partial charge >= 0.3 is 0 Å². The van der Waals surface area contributed by atoms with Crippen LogP contribution in [0.1, 0.15) is 18.2 Å². The highest BCUT2D eigenvalue weighted by Gasteiger charge is 1.98. The lowest BCUT2D eigenvalue weighted by atomic mass is 10.2. The molecule has 4 N–H and O–H groups in total. The Hall–Kier alpha value is -0.800. The van der Waals surface area contributed by atoms with Gasteiger partial charge in [0.2, 0.25) is 0 Å². The van der Waals surface area contributed by atoms with Crippen molar-refractivity contribution in [2.24, 2.45) is 5.84 Å². The molecule has 0 unspecified atom stereocenters. The van der Waals surface area contributed by atoms with E-state index in [1.54, 1.807) is 0 Å². The van der Waals surface area contributed by atoms with Crippen molar-refractivity contribution < 1.29 is 0 Å². The molecule has 0 atom stereocenters. The van der Waals surface area contributed by atoms with Gasteiger partial charge in [-0.2, -0.15) is 0 Å². The van der Waals surface area contributed by atoms with E-state index in [-0.39, 0.29) is 0 Å². The zero-order chi connectivity index (χ0) is 7.40. The van der Waals surface area contributed by atoms with Crippen LogP contribution in [0.3, 0.4) is 0 Å². The number of aromatic amines is 1. The van der Waals surface area contributed by atoms with Crippen molar-refractivity contribution in [1.82, 2.24) is 10.4 Å². The molecule has 0 radical (unpaired) electrons. The predicted octanol–water partition coefficient (Wildman–Crippen LogP) is 0.540. The minimum Gasteiger partial charge on any atom is -0.364 e. The number of rotatable bonds is 3. The summed E-state index contributed by atoms with van der Waals surface area (Å²) < 4.78 is 0. The second kappa shape index (κ2) is 3.39. The quantitative estimate of drug-likeness (QED) is 0.423. The zero-order valence-electron chi connectivity index (χ0n) is 6.15. The van der Waals surface area contributed by atoms with E-state index in [9.17, 15) is 0 Å². The van der Waals surface area contributed by atoms with Crippen LogP contribution in [0.2, 0.25) is 0 Å². The number of aryl methyl sites for hydroxylation is 1. The third-order valence-electron chi connectivity index (χ3n) is 1.59. The molecule has 0 aliphatic heterocycles. The Labute approximate surface area is 60.6 Å². The van der Waals surface area contributed by atoms with E-state index in [2.05, 4.69) is 23.4 Å². The maximum atomic E-state index is 5.17. The number of nitrogens with two attached hydrogens (primary N) is 1. The van der Waals surface area contributed by atoms with Gasteiger partial charge < -0.3 is 4.98 Å². The summed E-state index contributed by atoms with van der Waals surface area (Å²) in [5.74, 6) is 5.17. The van der Waals surface area contributed by atoms with E-state index in [1.807, 2.05) is 6.20 Å². The van der Waals surface area contributed by atoms with Gasteiger partial charge in [-0.1, -0.05) is 6.92 Å². The van der Waals surface area contributed by atoms with Crippen molar-refractivity contribution in [2.45, 2.75) is 19.9 Å². The number of aromatic nitrogens is 1. The smallest absolute Gasteiger partial charge is 0.0502 e. The molecule has 0 amide bonds. The number of hydrogen-bond acceptors (Lipinski definition) is 2. The third-order valence-corrected chi connectivity index (χ3v) is 1.59. The molecular formula is C7H13N3. The molecule has 1 rings (SSSR count). The second-order valence-electron chi connectivity index (χ2n) is 2.22. The maximum Gasteiger partial charge on any atom is 0.0502 e. The van der Waals surface area contributed by atoms with Crippen molar-refractivity contribution in [1.29, 1.82) is 0 Å². The molecule has 0 spiro atoms. The predicted molar refractivity (Wildman–Crippen MR) is 41.2 cm³/mol. The monoisotopic (exact) mass is 139 g/mol. The van der Waals surface area contributed by atoms with Crippen LogP contribution in [0, 0.1) is 0 Å². The molecule has 0 bridgehead atoms. The van der Waals surface area contributed by atoms with Crippen LogP contribution in [0.15, 0.2) is 12.3 Å². The Kier molecular flexibility index (Phi) is 2.48. The molecule has 0 saturated carbocycles. The highest BCUT2D eigenvalue weighted by molar-refractivity contribution is 5.19. The van der Waals surface area contributed by atoms with E-state index in [0.717, 1.165) is 13.0 Å². The van der Waals surface area contributed by atoms with E-state index in [4.69, 9.17) is 5.84 Å². The van der Waals surface area contributed by atoms with Crippen LogP contribution in [-0.2, 0) is 13.0 Å². The van der Waals surface area contributed by atoms with E-state index in [0.29, 0.717) is 0 Å². The average Bonchev–Trinajstić information content (AvgIpc) is 2.36. The minimum absolute atomic E-state index is 0.718. The van der Waals surface area contributed by atoms with E-state index >= 15 is 0 Å². The highest BCUT2D eigenvalue weighted by atomic mass is 15.2. The van der Waals surface area contributed by atoms with Gasteiger partial charge in [0.05, 0.1) is 6.54 Å². The van der Waals surface area contributed by atoms with Gasteiger partial charge in [0, 0.05) is 11.9 Å². The van der Waals surface area contributed by atoms with Gasteiger partial charge in [-0.15, -0.1) is 0 Å². The molecule has 56 valence electrons. The Morgan fingerprint density at radius 3 is 3.10 bits per heavy atom. The first-order valence-corrected chi connectivity index (χ1v) is 3.47. The minimum atomic E-state index is 0.718. The summed E-state index contributed by atoms with van der Waals surface area (Å²) in [4.78, 5) is 3.12. The van der Waals surface area contributed by atoms with Crippen molar-refractivity contribution >= 4 is 0 Å². The summed E-state index contributed by atoms with van der Waals surface area (Å²) in [5.41, 5.74) is 5.13. The largest absolute Gasteiger partial charge is 0.364 e. The van der Waals surface area contributed by atoms with Gasteiger partial charge in [0.25, 0.3) is 0 Å². The third kappa shape index (κ3) is 1.37. The molecular weight excluding hydrogens is 126 g/mol. The summed E-state index contributed by atoms with van der Waals surface area (Å²) >= 11 is 0. The lowest BCUT2D eigenvalue weighted by Crippen LogP contribution is -2.21. The Balaban J connectivity index is 2.70. The van der Waals surface area contributed by atoms with Crippen LogP contribution >= 0.6 is 0 Å². The van der Waals surface area contributed by atoms with Gasteiger partial charge in [-0.25, -0.2) is 0 Å². The first kappa shape index (κ1) is 7.31. The number of hydrogen-bond donors (Lipinski definition) is 3. The Morgan fingerprint density at radius 1 is 1.70 bits per heavy atom. The van der Waals surface area contributed by atoms with Crippen LogP contribution in [0.4, 0.5) is 0 Å². The Bertz CT molecular complexity index is 192. The number of nitrogens with one attached hydrogen (secondary N) is 2. The molecule has 0 saturated heterocycles. The van der Waals surface area contributed by atoms with Gasteiger partial charge in [0.1, 0.15) is 0 Å². The molecule has 1 aromatic heterocycles. The topological polar surface area (TPSA) is 53.8 Å². The first-order chi connectivity index (χ1) is 4.88. The summed E-state index contributed by atoms with van der Waals surface area (Å²) in [6.45, 7) is 2.85. The number of H-pyrrole nitrogens is 1. The lowest BCUT2D eigenvalue weighted by molar-refractivity contribution is 0.720. The molecule has 0 aromatic carbocycles. The average molecular weight is 139 g/mol. The molecule has 0 aliphatic rings. The van der Waals surface area contributed by atoms with Gasteiger partial charge in [-0.05, 0) is 18.1 Å². The van der Waals surface area contributed by atoms with Crippen molar-refractivity contribution in [3.8, 4) is 0 Å². The molecule has 10 heavy (non-hydrogen) atoms. The normalized spacial score (nSPS) is 10.2. The van der Waals surface area contributed by atoms with E-state index in [1.165, 1.54) is 11.3 Å². The maximum absolute atomic E-state index is 5.17. The molecule has 0 aliphatic carbocycles. The van der Waals surface area contributed by atoms with E-state index < -0.39 is 0 Å². The van der Waals surface area contributed by atoms with Gasteiger partial charge in [-0.3, -0.25) is 11.3 Å². The second-order valence-corrected chi connectivity index (χ2v) is 2.22. The lowest BCUT2D eigenvalue weighted by Gasteiger charge is -1.98. The molecule has 3 heteroatoms. The first-order valence-electron chi connectivity index (χ1n) is 3.47. The summed E-state index contributed by atoms with van der Waals surface area (Å²) in [6.07, 6.45) is 2.99. The Morgan fingerprint density at radius 2 is 2.50 bits per heavy atom. The molecule has 0 fully saturated rings. The zero-order valence-corrected chi connectivity index (χ0v) is 6.15. The van der Waals surface area contributed by atoms with Crippen LogP contribution in [-0.4, -0.2) is 4.98 Å². The highest BCUT2D eigenvalue weighted by Crippen LogP contribution is 2.05. The van der Waals surface area contributed by atoms with Crippen molar-refractivity contribution in [2.75, 3.05) is 0 Å². The fraction of sp³-hybridized carbons (Fsp3) is 0.429.